The summed E-state index contributed by atoms with van der Waals surface area (Å²) in [7, 11) is 0. The summed E-state index contributed by atoms with van der Waals surface area (Å²) in [6.45, 7) is 2.58. The van der Waals surface area contributed by atoms with Crippen molar-refractivity contribution in [3.8, 4) is 11.5 Å². The molecule has 2 aromatic heterocycles. The first-order valence-corrected chi connectivity index (χ1v) is 7.44. The molecule has 4 rings (SSSR count). The first kappa shape index (κ1) is 13.8. The molecule has 0 spiro atoms. The summed E-state index contributed by atoms with van der Waals surface area (Å²) in [5, 5.41) is 4.02. The minimum atomic E-state index is -0.0618. The molecule has 1 fully saturated rings. The minimum absolute atomic E-state index is 0.0618. The van der Waals surface area contributed by atoms with Crippen LogP contribution in [0.1, 0.15) is 23.7 Å². The lowest BCUT2D eigenvalue weighted by atomic mass is 10.1. The number of aryl methyl sites for hydroxylation is 1. The second kappa shape index (κ2) is 5.39. The van der Waals surface area contributed by atoms with E-state index in [4.69, 9.17) is 8.94 Å². The van der Waals surface area contributed by atoms with Crippen LogP contribution in [0.3, 0.4) is 0 Å². The van der Waals surface area contributed by atoms with Crippen molar-refractivity contribution in [2.75, 3.05) is 11.4 Å². The number of furan rings is 1. The zero-order valence-corrected chi connectivity index (χ0v) is 12.6. The summed E-state index contributed by atoms with van der Waals surface area (Å²) in [5.74, 6) is 0.987. The van der Waals surface area contributed by atoms with E-state index in [2.05, 4.69) is 10.1 Å². The SMILES string of the molecule is Cc1ccc(N2C[C@@H](c3noc(-c4ccoc4)n3)CC2=O)cc1. The number of carbonyl (C=O) groups excluding carboxylic acids is 1. The maximum atomic E-state index is 12.3. The number of hydrogen-bond donors (Lipinski definition) is 0. The van der Waals surface area contributed by atoms with Crippen LogP contribution in [0, 0.1) is 6.92 Å². The van der Waals surface area contributed by atoms with Gasteiger partial charge in [0.05, 0.1) is 11.8 Å². The molecular formula is C17H15N3O3. The molecule has 0 saturated carbocycles. The van der Waals surface area contributed by atoms with Crippen LogP contribution in [0.5, 0.6) is 0 Å². The van der Waals surface area contributed by atoms with Crippen LogP contribution >= 0.6 is 0 Å². The Kier molecular flexibility index (Phi) is 3.22. The van der Waals surface area contributed by atoms with Crippen LogP contribution in [0.2, 0.25) is 0 Å². The smallest absolute Gasteiger partial charge is 0.261 e. The van der Waals surface area contributed by atoms with Gasteiger partial charge >= 0.3 is 0 Å². The summed E-state index contributed by atoms with van der Waals surface area (Å²) in [6, 6.07) is 9.68. The summed E-state index contributed by atoms with van der Waals surface area (Å²) in [4.78, 5) is 18.5. The second-order valence-corrected chi connectivity index (χ2v) is 5.71. The molecule has 3 heterocycles. The number of amides is 1. The van der Waals surface area contributed by atoms with Gasteiger partial charge in [-0.3, -0.25) is 4.79 Å². The van der Waals surface area contributed by atoms with Crippen molar-refractivity contribution < 1.29 is 13.7 Å². The molecule has 6 heteroatoms. The first-order valence-electron chi connectivity index (χ1n) is 7.44. The van der Waals surface area contributed by atoms with Gasteiger partial charge < -0.3 is 13.8 Å². The molecule has 3 aromatic rings. The zero-order valence-electron chi connectivity index (χ0n) is 12.6. The number of hydrogen-bond acceptors (Lipinski definition) is 5. The molecule has 1 aliphatic heterocycles. The van der Waals surface area contributed by atoms with Crippen molar-refractivity contribution in [3.05, 3.63) is 54.2 Å². The van der Waals surface area contributed by atoms with Gasteiger partial charge in [-0.2, -0.15) is 4.98 Å². The first-order chi connectivity index (χ1) is 11.2. The fourth-order valence-corrected chi connectivity index (χ4v) is 2.76. The highest BCUT2D eigenvalue weighted by atomic mass is 16.5. The molecule has 0 aliphatic carbocycles. The lowest BCUT2D eigenvalue weighted by molar-refractivity contribution is -0.117. The zero-order chi connectivity index (χ0) is 15.8. The van der Waals surface area contributed by atoms with Gasteiger partial charge in [-0.1, -0.05) is 22.9 Å². The third-order valence-electron chi connectivity index (χ3n) is 4.05. The highest BCUT2D eigenvalue weighted by molar-refractivity contribution is 5.96. The van der Waals surface area contributed by atoms with Gasteiger partial charge in [0.15, 0.2) is 5.82 Å². The molecule has 0 N–H and O–H groups in total. The van der Waals surface area contributed by atoms with Gasteiger partial charge in [0.2, 0.25) is 5.91 Å². The van der Waals surface area contributed by atoms with E-state index in [9.17, 15) is 4.79 Å². The van der Waals surface area contributed by atoms with E-state index in [-0.39, 0.29) is 11.8 Å². The van der Waals surface area contributed by atoms with E-state index in [1.165, 1.54) is 5.56 Å². The standard InChI is InChI=1S/C17H15N3O3/c1-11-2-4-14(5-3-11)20-9-13(8-15(20)21)16-18-17(23-19-16)12-6-7-22-10-12/h2-7,10,13H,8-9H2,1H3/t13-/m0/s1. The summed E-state index contributed by atoms with van der Waals surface area (Å²) >= 11 is 0. The van der Waals surface area contributed by atoms with E-state index in [0.717, 1.165) is 11.3 Å². The molecular weight excluding hydrogens is 294 g/mol. The van der Waals surface area contributed by atoms with Crippen molar-refractivity contribution in [1.29, 1.82) is 0 Å². The van der Waals surface area contributed by atoms with E-state index in [1.54, 1.807) is 23.5 Å². The molecule has 0 bridgehead atoms. The topological polar surface area (TPSA) is 72.4 Å². The Labute approximate surface area is 132 Å². The molecule has 116 valence electrons. The molecule has 1 amide bonds. The van der Waals surface area contributed by atoms with Crippen molar-refractivity contribution in [3.63, 3.8) is 0 Å². The number of rotatable bonds is 3. The molecule has 1 aromatic carbocycles. The van der Waals surface area contributed by atoms with Crippen molar-refractivity contribution >= 4 is 11.6 Å². The van der Waals surface area contributed by atoms with Gasteiger partial charge in [-0.05, 0) is 25.1 Å². The quantitative estimate of drug-likeness (QED) is 0.743. The Morgan fingerprint density at radius 1 is 1.22 bits per heavy atom. The van der Waals surface area contributed by atoms with E-state index < -0.39 is 0 Å². The van der Waals surface area contributed by atoms with Crippen LogP contribution in [0.4, 0.5) is 5.69 Å². The molecule has 1 aliphatic rings. The average Bonchev–Trinajstić information content (AvgIpc) is 3.27. The molecule has 0 unspecified atom stereocenters. The number of benzene rings is 1. The van der Waals surface area contributed by atoms with Gasteiger partial charge in [0.25, 0.3) is 5.89 Å². The second-order valence-electron chi connectivity index (χ2n) is 5.71. The molecule has 0 radical (unpaired) electrons. The van der Waals surface area contributed by atoms with E-state index in [1.807, 2.05) is 31.2 Å². The van der Waals surface area contributed by atoms with E-state index in [0.29, 0.717) is 24.7 Å². The lowest BCUT2D eigenvalue weighted by Crippen LogP contribution is -2.24. The maximum Gasteiger partial charge on any atom is 0.261 e. The fourth-order valence-electron chi connectivity index (χ4n) is 2.76. The number of anilines is 1. The monoisotopic (exact) mass is 309 g/mol. The molecule has 6 nitrogen and oxygen atoms in total. The fraction of sp³-hybridized carbons (Fsp3) is 0.235. The third-order valence-corrected chi connectivity index (χ3v) is 4.05. The van der Waals surface area contributed by atoms with Crippen molar-refractivity contribution in [2.24, 2.45) is 0 Å². The molecule has 1 saturated heterocycles. The van der Waals surface area contributed by atoms with Crippen LogP contribution < -0.4 is 4.90 Å². The van der Waals surface area contributed by atoms with Gasteiger partial charge in [-0.15, -0.1) is 0 Å². The van der Waals surface area contributed by atoms with Gasteiger partial charge in [0.1, 0.15) is 6.26 Å². The van der Waals surface area contributed by atoms with Crippen LogP contribution in [-0.4, -0.2) is 22.6 Å². The highest BCUT2D eigenvalue weighted by Crippen LogP contribution is 2.31. The molecule has 23 heavy (non-hydrogen) atoms. The van der Waals surface area contributed by atoms with Crippen LogP contribution in [0.25, 0.3) is 11.5 Å². The minimum Gasteiger partial charge on any atom is -0.472 e. The predicted molar refractivity (Wildman–Crippen MR) is 82.9 cm³/mol. The highest BCUT2D eigenvalue weighted by Gasteiger charge is 2.34. The Bertz CT molecular complexity index is 821. The predicted octanol–water partition coefficient (Wildman–Crippen LogP) is 3.16. The Morgan fingerprint density at radius 2 is 2.04 bits per heavy atom. The summed E-state index contributed by atoms with van der Waals surface area (Å²) in [5.41, 5.74) is 2.81. The maximum absolute atomic E-state index is 12.3. The van der Waals surface area contributed by atoms with Crippen LogP contribution in [0.15, 0.2) is 51.8 Å². The van der Waals surface area contributed by atoms with Gasteiger partial charge in [-0.25, -0.2) is 0 Å². The average molecular weight is 309 g/mol. The number of carbonyl (C=O) groups is 1. The normalized spacial score (nSPS) is 17.9. The third kappa shape index (κ3) is 2.52. The Balaban J connectivity index is 1.55. The van der Waals surface area contributed by atoms with Crippen molar-refractivity contribution in [1.82, 2.24) is 10.1 Å². The Morgan fingerprint density at radius 3 is 2.78 bits per heavy atom. The number of nitrogens with zero attached hydrogens (tertiary/aromatic N) is 3. The summed E-state index contributed by atoms with van der Waals surface area (Å²) < 4.78 is 10.3. The summed E-state index contributed by atoms with van der Waals surface area (Å²) in [6.07, 6.45) is 3.49. The van der Waals surface area contributed by atoms with E-state index >= 15 is 0 Å². The molecule has 1 atom stereocenters. The number of aromatic nitrogens is 2. The van der Waals surface area contributed by atoms with Crippen molar-refractivity contribution in [2.45, 2.75) is 19.3 Å². The largest absolute Gasteiger partial charge is 0.472 e. The van der Waals surface area contributed by atoms with Crippen LogP contribution in [-0.2, 0) is 4.79 Å². The Hall–Kier alpha value is -2.89. The van der Waals surface area contributed by atoms with Gasteiger partial charge in [0, 0.05) is 24.6 Å². The lowest BCUT2D eigenvalue weighted by Gasteiger charge is -2.16.